The first-order chi connectivity index (χ1) is 23.4. The molecule has 11 nitrogen and oxygen atoms in total. The summed E-state index contributed by atoms with van der Waals surface area (Å²) in [5.74, 6) is -0.000519. The molecule has 16 heteroatoms. The third-order valence-corrected chi connectivity index (χ3v) is 11.8. The van der Waals surface area contributed by atoms with Crippen molar-refractivity contribution in [2.45, 2.75) is 55.4 Å². The van der Waals surface area contributed by atoms with Crippen molar-refractivity contribution in [3.63, 3.8) is 0 Å². The van der Waals surface area contributed by atoms with Crippen LogP contribution < -0.4 is 0 Å². The number of rotatable bonds is 10. The predicted molar refractivity (Wildman–Crippen MR) is 178 cm³/mol. The van der Waals surface area contributed by atoms with Crippen molar-refractivity contribution in [2.24, 2.45) is 0 Å². The summed E-state index contributed by atoms with van der Waals surface area (Å²) in [5, 5.41) is 16.0. The summed E-state index contributed by atoms with van der Waals surface area (Å²) in [6.45, 7) is 4.04. The van der Waals surface area contributed by atoms with E-state index in [2.05, 4.69) is 9.88 Å². The van der Waals surface area contributed by atoms with Crippen molar-refractivity contribution < 1.29 is 36.2 Å². The van der Waals surface area contributed by atoms with E-state index >= 15 is 0 Å². The van der Waals surface area contributed by atoms with Crippen LogP contribution in [0.15, 0.2) is 47.6 Å². The molecule has 3 aromatic rings. The molecule has 2 saturated heterocycles. The summed E-state index contributed by atoms with van der Waals surface area (Å²) in [6, 6.07) is 7.80. The first-order valence-corrected chi connectivity index (χ1v) is 19.2. The number of aliphatic hydroxyl groups excluding tert-OH is 1. The summed E-state index contributed by atoms with van der Waals surface area (Å²) in [6.07, 6.45) is 1.59. The number of alkyl halides is 3. The number of nitrogens with zero attached hydrogens (tertiary/aromatic N) is 6. The van der Waals surface area contributed by atoms with Gasteiger partial charge in [-0.2, -0.15) is 22.6 Å². The van der Waals surface area contributed by atoms with Gasteiger partial charge in [-0.1, -0.05) is 6.07 Å². The third-order valence-electron chi connectivity index (χ3n) is 9.46. The summed E-state index contributed by atoms with van der Waals surface area (Å²) in [4.78, 5) is 20.6. The molecule has 3 aliphatic rings. The highest BCUT2D eigenvalue weighted by Crippen LogP contribution is 2.40. The fourth-order valence-corrected chi connectivity index (χ4v) is 8.64. The minimum atomic E-state index is -4.65. The molecule has 1 aromatic carbocycles. The van der Waals surface area contributed by atoms with Gasteiger partial charge in [0.2, 0.25) is 15.9 Å². The molecule has 0 spiro atoms. The molecule has 266 valence electrons. The molecular formula is C33H41F3N6O5S2. The fourth-order valence-electron chi connectivity index (χ4n) is 6.84. The molecule has 1 N–H and O–H groups in total. The number of β-amino-alcohol motifs (C(OH)–C–C–N with tert-alkyl or cyclic N) is 1. The number of halogens is 3. The lowest BCUT2D eigenvalue weighted by Gasteiger charge is -2.33. The monoisotopic (exact) mass is 722 g/mol. The quantitative estimate of drug-likeness (QED) is 0.314. The van der Waals surface area contributed by atoms with Crippen LogP contribution in [-0.4, -0.2) is 119 Å². The van der Waals surface area contributed by atoms with Gasteiger partial charge in [-0.3, -0.25) is 14.5 Å². The Morgan fingerprint density at radius 2 is 1.78 bits per heavy atom. The van der Waals surface area contributed by atoms with E-state index in [4.69, 9.17) is 9.84 Å². The minimum absolute atomic E-state index is 0.0150. The number of hydrogen-bond acceptors (Lipinski definition) is 9. The number of carbonyl (C=O) groups is 1. The van der Waals surface area contributed by atoms with Crippen LogP contribution >= 0.6 is 11.8 Å². The maximum Gasteiger partial charge on any atom is 0.417 e. The number of pyridine rings is 1. The number of fused-ring (bicyclic) bond motifs is 1. The Morgan fingerprint density at radius 3 is 2.45 bits per heavy atom. The number of sulfonamides is 1. The summed E-state index contributed by atoms with van der Waals surface area (Å²) in [5.41, 5.74) is 2.51. The fraction of sp³-hybridized carbons (Fsp3) is 0.545. The van der Waals surface area contributed by atoms with Crippen LogP contribution in [0.4, 0.5) is 13.2 Å². The molecule has 1 amide bonds. The molecule has 6 rings (SSSR count). The molecule has 0 aliphatic carbocycles. The Labute approximate surface area is 288 Å². The zero-order chi connectivity index (χ0) is 34.8. The number of hydrogen-bond donors (Lipinski definition) is 1. The zero-order valence-electron chi connectivity index (χ0n) is 27.3. The van der Waals surface area contributed by atoms with E-state index in [9.17, 15) is 31.5 Å². The molecule has 49 heavy (non-hydrogen) atoms. The molecule has 0 saturated carbocycles. The normalized spacial score (nSPS) is 19.2. The topological polar surface area (TPSA) is 121 Å². The Morgan fingerprint density at radius 1 is 1.06 bits per heavy atom. The number of piperidine rings is 1. The Balaban J connectivity index is 1.23. The van der Waals surface area contributed by atoms with E-state index in [1.165, 1.54) is 22.0 Å². The number of amides is 1. The lowest BCUT2D eigenvalue weighted by molar-refractivity contribution is -0.139. The van der Waals surface area contributed by atoms with Crippen LogP contribution in [0.5, 0.6) is 0 Å². The Kier molecular flexibility index (Phi) is 11.0. The lowest BCUT2D eigenvalue weighted by atomic mass is 9.90. The summed E-state index contributed by atoms with van der Waals surface area (Å²) >= 11 is 0.821. The highest BCUT2D eigenvalue weighted by molar-refractivity contribution is 8.00. The van der Waals surface area contributed by atoms with Gasteiger partial charge >= 0.3 is 6.18 Å². The first kappa shape index (κ1) is 35.8. The smallest absolute Gasteiger partial charge is 0.390 e. The van der Waals surface area contributed by atoms with Crippen LogP contribution in [-0.2, 0) is 45.2 Å². The highest BCUT2D eigenvalue weighted by atomic mass is 32.2. The Bertz CT molecular complexity index is 1730. The van der Waals surface area contributed by atoms with Gasteiger partial charge in [0.1, 0.15) is 0 Å². The number of aliphatic hydroxyl groups is 1. The van der Waals surface area contributed by atoms with E-state index in [-0.39, 0.29) is 36.2 Å². The van der Waals surface area contributed by atoms with Gasteiger partial charge in [0.05, 0.1) is 49.1 Å². The van der Waals surface area contributed by atoms with Crippen molar-refractivity contribution in [2.75, 3.05) is 64.5 Å². The van der Waals surface area contributed by atoms with Crippen LogP contribution in [0.3, 0.4) is 0 Å². The zero-order valence-corrected chi connectivity index (χ0v) is 28.9. The van der Waals surface area contributed by atoms with Crippen LogP contribution in [0, 0.1) is 0 Å². The summed E-state index contributed by atoms with van der Waals surface area (Å²) < 4.78 is 75.7. The SMILES string of the molecule is CS(=O)(=O)N1CCc2c(c(-c3ccc(C(F)(F)F)c(SCC(=O)N4CCOCC4)c3)nn2CC(O)CN2CCC(c3ccncc3)CC2)C1. The van der Waals surface area contributed by atoms with E-state index in [1.54, 1.807) is 22.0 Å². The number of aromatic nitrogens is 3. The number of likely N-dealkylation sites (tertiary alicyclic amines) is 1. The van der Waals surface area contributed by atoms with Crippen molar-refractivity contribution >= 4 is 27.7 Å². The largest absolute Gasteiger partial charge is 0.417 e. The van der Waals surface area contributed by atoms with Crippen molar-refractivity contribution in [1.29, 1.82) is 0 Å². The molecule has 1 atom stereocenters. The van der Waals surface area contributed by atoms with E-state index < -0.39 is 27.9 Å². The van der Waals surface area contributed by atoms with Crippen LogP contribution in [0.2, 0.25) is 0 Å². The molecule has 2 fully saturated rings. The highest BCUT2D eigenvalue weighted by Gasteiger charge is 2.36. The van der Waals surface area contributed by atoms with E-state index in [0.29, 0.717) is 62.0 Å². The van der Waals surface area contributed by atoms with Gasteiger partial charge in [0.15, 0.2) is 0 Å². The van der Waals surface area contributed by atoms with Gasteiger partial charge in [0, 0.05) is 73.3 Å². The Hall–Kier alpha value is -3.02. The molecule has 0 bridgehead atoms. The van der Waals surface area contributed by atoms with Crippen molar-refractivity contribution in [3.8, 4) is 11.3 Å². The molecule has 0 radical (unpaired) electrons. The second-order valence-electron chi connectivity index (χ2n) is 12.8. The molecule has 3 aliphatic heterocycles. The van der Waals surface area contributed by atoms with Crippen molar-refractivity contribution in [1.82, 2.24) is 28.9 Å². The maximum absolute atomic E-state index is 14.1. The first-order valence-electron chi connectivity index (χ1n) is 16.4. The molecular weight excluding hydrogens is 682 g/mol. The molecule has 2 aromatic heterocycles. The van der Waals surface area contributed by atoms with Gasteiger partial charge in [-0.05, 0) is 61.7 Å². The van der Waals surface area contributed by atoms with Gasteiger partial charge in [-0.25, -0.2) is 8.42 Å². The number of carbonyl (C=O) groups excluding carboxylic acids is 1. The molecule has 1 unspecified atom stereocenters. The maximum atomic E-state index is 14.1. The number of ether oxygens (including phenoxy) is 1. The van der Waals surface area contributed by atoms with Crippen LogP contribution in [0.1, 0.15) is 41.1 Å². The van der Waals surface area contributed by atoms with Gasteiger partial charge in [-0.15, -0.1) is 11.8 Å². The second kappa shape index (κ2) is 15.1. The number of benzene rings is 1. The average molecular weight is 723 g/mol. The number of thioether (sulfide) groups is 1. The second-order valence-corrected chi connectivity index (χ2v) is 15.8. The molecule has 5 heterocycles. The van der Waals surface area contributed by atoms with Gasteiger partial charge in [0.25, 0.3) is 0 Å². The lowest BCUT2D eigenvalue weighted by Crippen LogP contribution is -2.41. The third kappa shape index (κ3) is 8.66. The van der Waals surface area contributed by atoms with Crippen molar-refractivity contribution in [3.05, 3.63) is 65.1 Å². The van der Waals surface area contributed by atoms with E-state index in [1.807, 2.05) is 12.1 Å². The van der Waals surface area contributed by atoms with E-state index in [0.717, 1.165) is 55.7 Å². The standard InChI is InChI=1S/C33H41F3N6O5S2/c1-49(45,46)41-13-8-29-27(21-41)32(38-42(29)20-26(43)19-39-11-6-24(7-12-39)23-4-9-37-10-5-23)25-2-3-28(33(34,35)36)30(18-25)48-22-31(44)40-14-16-47-17-15-40/h2-5,9-10,18,24,26,43H,6-8,11-17,19-22H2,1H3. The minimum Gasteiger partial charge on any atom is -0.390 e. The average Bonchev–Trinajstić information content (AvgIpc) is 3.44. The predicted octanol–water partition coefficient (Wildman–Crippen LogP) is 3.47. The summed E-state index contributed by atoms with van der Waals surface area (Å²) in [7, 11) is -3.56. The van der Waals surface area contributed by atoms with Crippen LogP contribution in [0.25, 0.3) is 11.3 Å². The number of morpholine rings is 1. The van der Waals surface area contributed by atoms with Gasteiger partial charge < -0.3 is 19.6 Å².